The molecule has 0 aromatic carbocycles. The maximum absolute atomic E-state index is 10.7. The Bertz CT molecular complexity index is 686. The summed E-state index contributed by atoms with van der Waals surface area (Å²) in [5, 5.41) is 10.7. The minimum absolute atomic E-state index is 0.156. The molecule has 4 rings (SSSR count). The van der Waals surface area contributed by atoms with Crippen LogP contribution in [-0.4, -0.2) is 11.2 Å². The lowest BCUT2D eigenvalue weighted by atomic mass is 9.47. The van der Waals surface area contributed by atoms with E-state index in [9.17, 15) is 5.11 Å². The van der Waals surface area contributed by atoms with E-state index in [-0.39, 0.29) is 11.5 Å². The van der Waals surface area contributed by atoms with Crippen LogP contribution in [0.1, 0.15) is 106 Å². The zero-order chi connectivity index (χ0) is 21.7. The van der Waals surface area contributed by atoms with Gasteiger partial charge in [-0.1, -0.05) is 52.3 Å². The zero-order valence-electron chi connectivity index (χ0n) is 20.7. The minimum Gasteiger partial charge on any atom is -0.389 e. The molecule has 0 bridgehead atoms. The van der Waals surface area contributed by atoms with Crippen molar-refractivity contribution in [3.05, 3.63) is 23.3 Å². The summed E-state index contributed by atoms with van der Waals surface area (Å²) in [6, 6.07) is 0. The summed E-state index contributed by atoms with van der Waals surface area (Å²) in [5.74, 6) is 5.02. The Morgan fingerprint density at radius 1 is 1.10 bits per heavy atom. The molecule has 1 N–H and O–H groups in total. The Labute approximate surface area is 186 Å². The molecule has 0 aromatic heterocycles. The number of rotatable bonds is 5. The molecule has 4 aliphatic rings. The molecule has 3 fully saturated rings. The van der Waals surface area contributed by atoms with Gasteiger partial charge in [0.15, 0.2) is 0 Å². The lowest BCUT2D eigenvalue weighted by Crippen LogP contribution is -2.51. The summed E-state index contributed by atoms with van der Waals surface area (Å²) in [4.78, 5) is 0. The van der Waals surface area contributed by atoms with Gasteiger partial charge in [0.1, 0.15) is 0 Å². The molecular weight excluding hydrogens is 364 g/mol. The molecule has 3 saturated carbocycles. The van der Waals surface area contributed by atoms with Crippen molar-refractivity contribution in [2.45, 2.75) is 112 Å². The quantitative estimate of drug-likeness (QED) is 0.454. The highest BCUT2D eigenvalue weighted by Crippen LogP contribution is 2.67. The SMILES string of the molecule is CC=C(CCC(C)C1CCC2C3CC=C4C(O)CCCC4(C)C3CCC12C)C(C)C. The molecule has 0 amide bonds. The van der Waals surface area contributed by atoms with Crippen LogP contribution in [0.3, 0.4) is 0 Å². The monoisotopic (exact) mass is 412 g/mol. The largest absolute Gasteiger partial charge is 0.389 e. The molecule has 0 aromatic rings. The van der Waals surface area contributed by atoms with Crippen LogP contribution in [0.25, 0.3) is 0 Å². The van der Waals surface area contributed by atoms with E-state index in [1.807, 2.05) is 0 Å². The number of aliphatic hydroxyl groups excluding tert-OH is 1. The lowest BCUT2D eigenvalue weighted by molar-refractivity contribution is -0.0589. The standard InChI is InChI=1S/C29H48O/c1-7-21(19(2)3)11-10-20(4)23-14-15-24-22-12-13-26-27(30)9-8-17-28(26,5)25(22)16-18-29(23,24)6/h7,13,19-20,22-25,27,30H,8-12,14-18H2,1-6H3. The molecule has 1 heteroatoms. The van der Waals surface area contributed by atoms with Gasteiger partial charge in [0.2, 0.25) is 0 Å². The third kappa shape index (κ3) is 3.56. The molecule has 30 heavy (non-hydrogen) atoms. The molecule has 0 aliphatic heterocycles. The number of fused-ring (bicyclic) bond motifs is 5. The van der Waals surface area contributed by atoms with E-state index < -0.39 is 0 Å². The second-order valence-corrected chi connectivity index (χ2v) is 12.4. The number of hydrogen-bond donors (Lipinski definition) is 1. The van der Waals surface area contributed by atoms with Crippen LogP contribution in [-0.2, 0) is 0 Å². The molecule has 0 spiro atoms. The van der Waals surface area contributed by atoms with Crippen LogP contribution in [0, 0.1) is 46.3 Å². The fraction of sp³-hybridized carbons (Fsp3) is 0.862. The number of aliphatic hydroxyl groups is 1. The molecule has 170 valence electrons. The maximum Gasteiger partial charge on any atom is 0.0755 e. The Morgan fingerprint density at radius 2 is 1.87 bits per heavy atom. The molecular formula is C29H48O. The molecule has 0 saturated heterocycles. The summed E-state index contributed by atoms with van der Waals surface area (Å²) >= 11 is 0. The average molecular weight is 413 g/mol. The first-order chi connectivity index (χ1) is 14.2. The normalized spacial score (nSPS) is 44.9. The van der Waals surface area contributed by atoms with Gasteiger partial charge in [-0.05, 0) is 123 Å². The van der Waals surface area contributed by atoms with Crippen molar-refractivity contribution >= 4 is 0 Å². The van der Waals surface area contributed by atoms with Gasteiger partial charge in [0, 0.05) is 0 Å². The van der Waals surface area contributed by atoms with Crippen LogP contribution >= 0.6 is 0 Å². The van der Waals surface area contributed by atoms with E-state index in [0.717, 1.165) is 36.0 Å². The summed E-state index contributed by atoms with van der Waals surface area (Å²) in [7, 11) is 0. The van der Waals surface area contributed by atoms with Crippen LogP contribution in [0.4, 0.5) is 0 Å². The van der Waals surface area contributed by atoms with E-state index in [2.05, 4.69) is 53.7 Å². The first-order valence-electron chi connectivity index (χ1n) is 13.3. The molecule has 8 unspecified atom stereocenters. The van der Waals surface area contributed by atoms with Gasteiger partial charge in [-0.15, -0.1) is 0 Å². The van der Waals surface area contributed by atoms with Gasteiger partial charge in [0.05, 0.1) is 6.10 Å². The van der Waals surface area contributed by atoms with Gasteiger partial charge in [-0.25, -0.2) is 0 Å². The Kier molecular flexibility index (Phi) is 6.35. The fourth-order valence-electron chi connectivity index (χ4n) is 9.12. The maximum atomic E-state index is 10.7. The molecule has 8 atom stereocenters. The molecule has 4 aliphatic carbocycles. The highest BCUT2D eigenvalue weighted by Gasteiger charge is 2.59. The Balaban J connectivity index is 1.50. The van der Waals surface area contributed by atoms with Gasteiger partial charge in [-0.2, -0.15) is 0 Å². The Hall–Kier alpha value is -0.560. The van der Waals surface area contributed by atoms with Crippen LogP contribution < -0.4 is 0 Å². The number of allylic oxidation sites excluding steroid dienone is 3. The van der Waals surface area contributed by atoms with Crippen molar-refractivity contribution in [1.82, 2.24) is 0 Å². The predicted molar refractivity (Wildman–Crippen MR) is 128 cm³/mol. The van der Waals surface area contributed by atoms with Crippen molar-refractivity contribution in [3.8, 4) is 0 Å². The van der Waals surface area contributed by atoms with Crippen molar-refractivity contribution in [2.75, 3.05) is 0 Å². The summed E-state index contributed by atoms with van der Waals surface area (Å²) in [6.45, 7) is 14.7. The van der Waals surface area contributed by atoms with E-state index in [4.69, 9.17) is 0 Å². The predicted octanol–water partition coefficient (Wildman–Crippen LogP) is 7.94. The molecule has 0 heterocycles. The van der Waals surface area contributed by atoms with Crippen molar-refractivity contribution in [1.29, 1.82) is 0 Å². The van der Waals surface area contributed by atoms with Crippen LogP contribution in [0.2, 0.25) is 0 Å². The summed E-state index contributed by atoms with van der Waals surface area (Å²) in [6.07, 6.45) is 17.9. The first-order valence-corrected chi connectivity index (χ1v) is 13.3. The second-order valence-electron chi connectivity index (χ2n) is 12.4. The topological polar surface area (TPSA) is 20.2 Å². The summed E-state index contributed by atoms with van der Waals surface area (Å²) in [5.41, 5.74) is 3.90. The third-order valence-corrected chi connectivity index (χ3v) is 10.8. The van der Waals surface area contributed by atoms with Gasteiger partial charge < -0.3 is 5.11 Å². The van der Waals surface area contributed by atoms with Crippen molar-refractivity contribution < 1.29 is 5.11 Å². The molecule has 1 nitrogen and oxygen atoms in total. The first kappa shape index (κ1) is 22.6. The van der Waals surface area contributed by atoms with Gasteiger partial charge >= 0.3 is 0 Å². The number of hydrogen-bond acceptors (Lipinski definition) is 1. The van der Waals surface area contributed by atoms with E-state index in [1.165, 1.54) is 63.4 Å². The van der Waals surface area contributed by atoms with Gasteiger partial charge in [-0.3, -0.25) is 0 Å². The summed E-state index contributed by atoms with van der Waals surface area (Å²) < 4.78 is 0. The minimum atomic E-state index is -0.156. The Morgan fingerprint density at radius 3 is 2.57 bits per heavy atom. The average Bonchev–Trinajstić information content (AvgIpc) is 3.05. The van der Waals surface area contributed by atoms with Crippen LogP contribution in [0.5, 0.6) is 0 Å². The second kappa shape index (κ2) is 8.42. The fourth-order valence-corrected chi connectivity index (χ4v) is 9.12. The lowest BCUT2D eigenvalue weighted by Gasteiger charge is -2.58. The zero-order valence-corrected chi connectivity index (χ0v) is 20.7. The van der Waals surface area contributed by atoms with E-state index >= 15 is 0 Å². The van der Waals surface area contributed by atoms with Crippen molar-refractivity contribution in [3.63, 3.8) is 0 Å². The van der Waals surface area contributed by atoms with E-state index in [0.29, 0.717) is 11.3 Å². The van der Waals surface area contributed by atoms with Crippen molar-refractivity contribution in [2.24, 2.45) is 46.3 Å². The third-order valence-electron chi connectivity index (χ3n) is 10.8. The smallest absolute Gasteiger partial charge is 0.0755 e. The molecule has 0 radical (unpaired) electrons. The highest BCUT2D eigenvalue weighted by atomic mass is 16.3. The van der Waals surface area contributed by atoms with Crippen LogP contribution in [0.15, 0.2) is 23.3 Å². The van der Waals surface area contributed by atoms with E-state index in [1.54, 1.807) is 5.57 Å². The highest BCUT2D eigenvalue weighted by molar-refractivity contribution is 5.27. The van der Waals surface area contributed by atoms with Gasteiger partial charge in [0.25, 0.3) is 0 Å².